The lowest BCUT2D eigenvalue weighted by molar-refractivity contribution is -0.122. The van der Waals surface area contributed by atoms with Crippen molar-refractivity contribution in [2.24, 2.45) is 29.6 Å². The van der Waals surface area contributed by atoms with Crippen LogP contribution in [0.15, 0.2) is 24.3 Å². The lowest BCUT2D eigenvalue weighted by atomic mass is 9.61. The average Bonchev–Trinajstić information content (AvgIpc) is 3.06. The molecule has 1 amide bonds. The maximum atomic E-state index is 12.4. The molecule has 3 aliphatic rings. The first-order valence-electron chi connectivity index (χ1n) is 11.7. The third-order valence-electron chi connectivity index (χ3n) is 7.82. The van der Waals surface area contributed by atoms with Gasteiger partial charge in [-0.05, 0) is 69.1 Å². The Morgan fingerprint density at radius 3 is 2.73 bits per heavy atom. The Morgan fingerprint density at radius 2 is 2.07 bits per heavy atom. The Labute approximate surface area is 187 Å². The fraction of sp³-hybridized carbons (Fsp3) is 0.800. The van der Waals surface area contributed by atoms with Crippen molar-refractivity contribution in [2.75, 3.05) is 12.4 Å². The summed E-state index contributed by atoms with van der Waals surface area (Å²) in [6.07, 6.45) is 5.30. The average molecular weight is 438 g/mol. The van der Waals surface area contributed by atoms with Gasteiger partial charge in [-0.3, -0.25) is 4.79 Å². The smallest absolute Gasteiger partial charge is 0.220 e. The first-order chi connectivity index (χ1) is 14.2. The van der Waals surface area contributed by atoms with Gasteiger partial charge in [-0.15, -0.1) is 11.6 Å². The van der Waals surface area contributed by atoms with Crippen LogP contribution in [0.2, 0.25) is 0 Å². The van der Waals surface area contributed by atoms with Crippen LogP contribution in [0.3, 0.4) is 0 Å². The number of hydrogen-bond donors (Lipinski definition) is 2. The van der Waals surface area contributed by atoms with E-state index in [4.69, 9.17) is 16.3 Å². The summed E-state index contributed by atoms with van der Waals surface area (Å²) in [5, 5.41) is 14.5. The zero-order valence-electron chi connectivity index (χ0n) is 19.0. The highest BCUT2D eigenvalue weighted by atomic mass is 35.5. The van der Waals surface area contributed by atoms with Crippen molar-refractivity contribution in [1.29, 1.82) is 0 Å². The van der Waals surface area contributed by atoms with Gasteiger partial charge in [0.25, 0.3) is 0 Å². The monoisotopic (exact) mass is 437 g/mol. The van der Waals surface area contributed by atoms with E-state index in [0.717, 1.165) is 37.7 Å². The maximum Gasteiger partial charge on any atom is 0.220 e. The van der Waals surface area contributed by atoms with Crippen LogP contribution in [-0.4, -0.2) is 41.2 Å². The Bertz CT molecular complexity index is 659. The number of alkyl halides is 1. The summed E-state index contributed by atoms with van der Waals surface area (Å²) in [6.45, 7) is 15.9. The molecule has 0 unspecified atom stereocenters. The maximum absolute atomic E-state index is 12.4. The minimum absolute atomic E-state index is 0.00735. The molecule has 0 spiro atoms. The molecule has 0 aromatic heterocycles. The number of fused-ring (bicyclic) bond motifs is 5. The van der Waals surface area contributed by atoms with Crippen molar-refractivity contribution in [2.45, 2.75) is 83.5 Å². The van der Waals surface area contributed by atoms with Crippen LogP contribution in [0.1, 0.15) is 65.7 Å². The number of halogens is 1. The first-order valence-corrected chi connectivity index (χ1v) is 12.2. The van der Waals surface area contributed by atoms with E-state index in [1.54, 1.807) is 0 Å². The van der Waals surface area contributed by atoms with Crippen molar-refractivity contribution in [3.05, 3.63) is 24.3 Å². The van der Waals surface area contributed by atoms with E-state index in [1.165, 1.54) is 5.57 Å². The van der Waals surface area contributed by atoms with Crippen molar-refractivity contribution < 1.29 is 14.6 Å². The fourth-order valence-electron chi connectivity index (χ4n) is 6.13. The lowest BCUT2D eigenvalue weighted by Crippen LogP contribution is -2.48. The molecule has 170 valence electrons. The van der Waals surface area contributed by atoms with Gasteiger partial charge in [0.15, 0.2) is 0 Å². The number of carbonyl (C=O) groups is 1. The molecule has 3 rings (SSSR count). The summed E-state index contributed by atoms with van der Waals surface area (Å²) in [5.74, 6) is 2.33. The molecule has 2 saturated heterocycles. The standard InChI is InChI=1S/C25H40ClNO3/c1-15(2)19-8-7-16(3)22-20-13-17(4)18(14-21(28)27-12-6-11-26)9-10-25(5,29)24(30-20)23(19)22/h15,18-20,22-24,29H,3-4,6-14H2,1-2,5H3,(H,27,28)/t18-,19-,20-,22-,23-,24-,25-/m1/s1. The summed E-state index contributed by atoms with van der Waals surface area (Å²) in [6, 6.07) is 0. The zero-order chi connectivity index (χ0) is 22.1. The molecule has 0 aromatic carbocycles. The summed E-state index contributed by atoms with van der Waals surface area (Å²) in [4.78, 5) is 12.4. The number of amides is 1. The number of aliphatic hydroxyl groups is 1. The fourth-order valence-corrected chi connectivity index (χ4v) is 6.26. The molecule has 3 fully saturated rings. The van der Waals surface area contributed by atoms with Crippen LogP contribution in [0.25, 0.3) is 0 Å². The molecule has 2 bridgehead atoms. The third kappa shape index (κ3) is 4.97. The van der Waals surface area contributed by atoms with Gasteiger partial charge in [-0.2, -0.15) is 0 Å². The highest BCUT2D eigenvalue weighted by molar-refractivity contribution is 6.17. The van der Waals surface area contributed by atoms with Crippen LogP contribution >= 0.6 is 11.6 Å². The van der Waals surface area contributed by atoms with Crippen LogP contribution in [0.5, 0.6) is 0 Å². The van der Waals surface area contributed by atoms with Gasteiger partial charge >= 0.3 is 0 Å². The summed E-state index contributed by atoms with van der Waals surface area (Å²) in [5.41, 5.74) is 1.42. The topological polar surface area (TPSA) is 58.6 Å². The molecule has 4 nitrogen and oxygen atoms in total. The second-order valence-electron chi connectivity index (χ2n) is 10.4. The molecule has 0 aromatic rings. The molecule has 2 aliphatic heterocycles. The molecule has 2 N–H and O–H groups in total. The third-order valence-corrected chi connectivity index (χ3v) is 8.09. The van der Waals surface area contributed by atoms with Crippen molar-refractivity contribution in [1.82, 2.24) is 5.32 Å². The van der Waals surface area contributed by atoms with Crippen molar-refractivity contribution in [3.63, 3.8) is 0 Å². The van der Waals surface area contributed by atoms with E-state index < -0.39 is 5.60 Å². The molecular weight excluding hydrogens is 398 g/mol. The Hall–Kier alpha value is -0.840. The van der Waals surface area contributed by atoms with Gasteiger partial charge < -0.3 is 15.2 Å². The van der Waals surface area contributed by atoms with Crippen LogP contribution in [0.4, 0.5) is 0 Å². The van der Waals surface area contributed by atoms with E-state index in [-0.39, 0.29) is 30.0 Å². The SMILES string of the molecule is C=C1C[C@H]2O[C@H]([C@H]3[C@@H]2C(=C)CC[C@@H]3C(C)C)[C@](C)(O)CC[C@@H]1CC(=O)NCCCCl. The van der Waals surface area contributed by atoms with E-state index in [9.17, 15) is 9.90 Å². The van der Waals surface area contributed by atoms with Gasteiger partial charge in [0.05, 0.1) is 17.8 Å². The van der Waals surface area contributed by atoms with Crippen molar-refractivity contribution >= 4 is 17.5 Å². The normalized spacial score (nSPS) is 39.3. The molecule has 5 heteroatoms. The van der Waals surface area contributed by atoms with Gasteiger partial charge in [-0.1, -0.05) is 38.2 Å². The highest BCUT2D eigenvalue weighted by Gasteiger charge is 2.57. The van der Waals surface area contributed by atoms with E-state index >= 15 is 0 Å². The zero-order valence-corrected chi connectivity index (χ0v) is 19.7. The quantitative estimate of drug-likeness (QED) is 0.354. The minimum atomic E-state index is -0.916. The van der Waals surface area contributed by atoms with E-state index in [1.807, 2.05) is 6.92 Å². The number of rotatable bonds is 6. The summed E-state index contributed by atoms with van der Waals surface area (Å²) in [7, 11) is 0. The lowest BCUT2D eigenvalue weighted by Gasteiger charge is -2.44. The molecular formula is C25H40ClNO3. The minimum Gasteiger partial charge on any atom is -0.387 e. The van der Waals surface area contributed by atoms with Crippen molar-refractivity contribution in [3.8, 4) is 0 Å². The van der Waals surface area contributed by atoms with Gasteiger partial charge in [0, 0.05) is 24.8 Å². The molecule has 2 heterocycles. The predicted octanol–water partition coefficient (Wildman–Crippen LogP) is 4.85. The summed E-state index contributed by atoms with van der Waals surface area (Å²) < 4.78 is 6.61. The predicted molar refractivity (Wildman–Crippen MR) is 122 cm³/mol. The second-order valence-corrected chi connectivity index (χ2v) is 10.7. The molecule has 1 saturated carbocycles. The van der Waals surface area contributed by atoms with Gasteiger partial charge in [-0.25, -0.2) is 0 Å². The highest BCUT2D eigenvalue weighted by Crippen LogP contribution is 2.55. The second kappa shape index (κ2) is 9.75. The van der Waals surface area contributed by atoms with E-state index in [2.05, 4.69) is 32.3 Å². The number of hydrogen-bond acceptors (Lipinski definition) is 3. The van der Waals surface area contributed by atoms with Crippen LogP contribution < -0.4 is 5.32 Å². The number of carbonyl (C=O) groups excluding carboxylic acids is 1. The molecule has 30 heavy (non-hydrogen) atoms. The first kappa shape index (κ1) is 23.8. The molecule has 7 atom stereocenters. The number of ether oxygens (including phenoxy) is 1. The molecule has 0 radical (unpaired) electrons. The Morgan fingerprint density at radius 1 is 1.33 bits per heavy atom. The summed E-state index contributed by atoms with van der Waals surface area (Å²) >= 11 is 5.71. The van der Waals surface area contributed by atoms with Gasteiger partial charge in [0.1, 0.15) is 0 Å². The van der Waals surface area contributed by atoms with Crippen LogP contribution in [-0.2, 0) is 9.53 Å². The Balaban J connectivity index is 1.80. The van der Waals surface area contributed by atoms with Gasteiger partial charge in [0.2, 0.25) is 5.91 Å². The van der Waals surface area contributed by atoms with Crippen LogP contribution in [0, 0.1) is 29.6 Å². The number of nitrogens with one attached hydrogen (secondary N) is 1. The molecule has 1 aliphatic carbocycles. The van der Waals surface area contributed by atoms with E-state index in [0.29, 0.717) is 43.0 Å². The largest absolute Gasteiger partial charge is 0.387 e. The Kier molecular flexibility index (Phi) is 7.74.